The van der Waals surface area contributed by atoms with E-state index in [-0.39, 0.29) is 18.4 Å². The smallest absolute Gasteiger partial charge is 0.244 e. The Bertz CT molecular complexity index is 982. The van der Waals surface area contributed by atoms with Crippen molar-refractivity contribution in [3.63, 3.8) is 0 Å². The molecule has 2 aromatic carbocycles. The molecule has 0 saturated carbocycles. The van der Waals surface area contributed by atoms with E-state index >= 15 is 0 Å². The second kappa shape index (κ2) is 9.74. The summed E-state index contributed by atoms with van der Waals surface area (Å²) in [4.78, 5) is 30.7. The molecule has 1 fully saturated rings. The van der Waals surface area contributed by atoms with E-state index in [1.165, 1.54) is 5.56 Å². The number of hydrogen-bond acceptors (Lipinski definition) is 4. The van der Waals surface area contributed by atoms with Crippen LogP contribution in [0.1, 0.15) is 42.5 Å². The standard InChI is InChI=1S/C26H33N3O3/c1-18-10-13-28(14-11-18)26(31)25-21-7-5-4-6-20(21)12-15-29(25)17-24(30)27-22-16-19(2)8-9-23(22)32-3/h4-9,16,18,25H,10-15,17H2,1-3H3,(H,27,30)/t25-/m0/s1. The number of rotatable bonds is 5. The van der Waals surface area contributed by atoms with Crippen LogP contribution in [0.2, 0.25) is 0 Å². The Balaban J connectivity index is 1.54. The molecule has 1 atom stereocenters. The van der Waals surface area contributed by atoms with Gasteiger partial charge in [-0.05, 0) is 60.9 Å². The number of aryl methyl sites for hydroxylation is 1. The van der Waals surface area contributed by atoms with Gasteiger partial charge >= 0.3 is 0 Å². The molecule has 2 aromatic rings. The molecule has 0 unspecified atom stereocenters. The number of benzene rings is 2. The van der Waals surface area contributed by atoms with Crippen LogP contribution in [0.3, 0.4) is 0 Å². The minimum Gasteiger partial charge on any atom is -0.495 e. The Morgan fingerprint density at radius 2 is 1.84 bits per heavy atom. The first-order valence-electron chi connectivity index (χ1n) is 11.5. The largest absolute Gasteiger partial charge is 0.495 e. The molecule has 0 aromatic heterocycles. The molecule has 0 bridgehead atoms. The molecule has 0 radical (unpaired) electrons. The number of anilines is 1. The van der Waals surface area contributed by atoms with E-state index < -0.39 is 6.04 Å². The monoisotopic (exact) mass is 435 g/mol. The summed E-state index contributed by atoms with van der Waals surface area (Å²) in [6.45, 7) is 6.64. The highest BCUT2D eigenvalue weighted by atomic mass is 16.5. The first kappa shape index (κ1) is 22.3. The fourth-order valence-corrected chi connectivity index (χ4v) is 4.77. The topological polar surface area (TPSA) is 61.9 Å². The van der Waals surface area contributed by atoms with Crippen molar-refractivity contribution in [1.82, 2.24) is 9.80 Å². The third-order valence-electron chi connectivity index (χ3n) is 6.69. The predicted molar refractivity (Wildman–Crippen MR) is 126 cm³/mol. The normalized spacial score (nSPS) is 19.3. The van der Waals surface area contributed by atoms with Crippen LogP contribution in [0.5, 0.6) is 5.75 Å². The Morgan fingerprint density at radius 1 is 1.09 bits per heavy atom. The third kappa shape index (κ3) is 4.80. The molecule has 2 heterocycles. The Hall–Kier alpha value is -2.86. The van der Waals surface area contributed by atoms with Crippen LogP contribution in [0, 0.1) is 12.8 Å². The fourth-order valence-electron chi connectivity index (χ4n) is 4.77. The molecule has 1 N–H and O–H groups in total. The number of ether oxygens (including phenoxy) is 1. The van der Waals surface area contributed by atoms with Crippen molar-refractivity contribution >= 4 is 17.5 Å². The molecular formula is C26H33N3O3. The van der Waals surface area contributed by atoms with Crippen LogP contribution in [-0.4, -0.2) is 54.9 Å². The highest BCUT2D eigenvalue weighted by Crippen LogP contribution is 2.33. The first-order valence-corrected chi connectivity index (χ1v) is 11.5. The fraction of sp³-hybridized carbons (Fsp3) is 0.462. The lowest BCUT2D eigenvalue weighted by atomic mass is 9.90. The van der Waals surface area contributed by atoms with Crippen LogP contribution in [-0.2, 0) is 16.0 Å². The summed E-state index contributed by atoms with van der Waals surface area (Å²) in [5.41, 5.74) is 3.93. The van der Waals surface area contributed by atoms with E-state index in [4.69, 9.17) is 4.74 Å². The predicted octanol–water partition coefficient (Wildman–Crippen LogP) is 3.80. The summed E-state index contributed by atoms with van der Waals surface area (Å²) in [7, 11) is 1.59. The molecule has 0 spiro atoms. The maximum Gasteiger partial charge on any atom is 0.244 e. The van der Waals surface area contributed by atoms with Gasteiger partial charge < -0.3 is 15.0 Å². The van der Waals surface area contributed by atoms with Gasteiger partial charge in [0.25, 0.3) is 0 Å². The van der Waals surface area contributed by atoms with Gasteiger partial charge in [-0.2, -0.15) is 0 Å². The van der Waals surface area contributed by atoms with E-state index in [2.05, 4.69) is 18.3 Å². The molecule has 6 heteroatoms. The Morgan fingerprint density at radius 3 is 2.59 bits per heavy atom. The zero-order valence-corrected chi connectivity index (χ0v) is 19.3. The summed E-state index contributed by atoms with van der Waals surface area (Å²) < 4.78 is 5.40. The van der Waals surface area contributed by atoms with E-state index in [0.29, 0.717) is 23.9 Å². The van der Waals surface area contributed by atoms with Crippen molar-refractivity contribution < 1.29 is 14.3 Å². The molecule has 2 aliphatic rings. The average Bonchev–Trinajstić information content (AvgIpc) is 2.79. The van der Waals surface area contributed by atoms with E-state index in [1.807, 2.05) is 53.1 Å². The number of amides is 2. The van der Waals surface area contributed by atoms with Crippen LogP contribution < -0.4 is 10.1 Å². The van der Waals surface area contributed by atoms with E-state index in [1.54, 1.807) is 7.11 Å². The summed E-state index contributed by atoms with van der Waals surface area (Å²) >= 11 is 0. The van der Waals surface area contributed by atoms with Gasteiger partial charge in [-0.25, -0.2) is 0 Å². The molecule has 6 nitrogen and oxygen atoms in total. The van der Waals surface area contributed by atoms with Crippen LogP contribution in [0.4, 0.5) is 5.69 Å². The number of carbonyl (C=O) groups is 2. The van der Waals surface area contributed by atoms with Crippen LogP contribution in [0.15, 0.2) is 42.5 Å². The minimum absolute atomic E-state index is 0.116. The third-order valence-corrected chi connectivity index (χ3v) is 6.69. The second-order valence-corrected chi connectivity index (χ2v) is 9.08. The quantitative estimate of drug-likeness (QED) is 0.776. The Labute approximate surface area is 190 Å². The summed E-state index contributed by atoms with van der Waals surface area (Å²) in [5, 5.41) is 2.99. The van der Waals surface area contributed by atoms with Gasteiger partial charge in [-0.15, -0.1) is 0 Å². The number of likely N-dealkylation sites (tertiary alicyclic amines) is 1. The van der Waals surface area contributed by atoms with Crippen LogP contribution in [0.25, 0.3) is 0 Å². The lowest BCUT2D eigenvalue weighted by molar-refractivity contribution is -0.139. The van der Waals surface area contributed by atoms with Crippen molar-refractivity contribution in [2.24, 2.45) is 5.92 Å². The van der Waals surface area contributed by atoms with Gasteiger partial charge in [-0.3, -0.25) is 14.5 Å². The van der Waals surface area contributed by atoms with Gasteiger partial charge in [0, 0.05) is 19.6 Å². The van der Waals surface area contributed by atoms with Crippen molar-refractivity contribution in [2.45, 2.75) is 39.2 Å². The molecule has 2 amide bonds. The molecular weight excluding hydrogens is 402 g/mol. The molecule has 1 saturated heterocycles. The molecule has 170 valence electrons. The summed E-state index contributed by atoms with van der Waals surface area (Å²) in [6.07, 6.45) is 2.90. The summed E-state index contributed by atoms with van der Waals surface area (Å²) in [6, 6.07) is 13.4. The van der Waals surface area contributed by atoms with Crippen molar-refractivity contribution in [1.29, 1.82) is 0 Å². The zero-order chi connectivity index (χ0) is 22.7. The van der Waals surface area contributed by atoms with E-state index in [9.17, 15) is 9.59 Å². The SMILES string of the molecule is COc1ccc(C)cc1NC(=O)CN1CCc2ccccc2[C@H]1C(=O)N1CCC(C)CC1. The van der Waals surface area contributed by atoms with Crippen molar-refractivity contribution in [3.8, 4) is 5.75 Å². The summed E-state index contributed by atoms with van der Waals surface area (Å²) in [5.74, 6) is 1.26. The van der Waals surface area contributed by atoms with Gasteiger partial charge in [0.05, 0.1) is 19.3 Å². The number of nitrogens with zero attached hydrogens (tertiary/aromatic N) is 2. The van der Waals surface area contributed by atoms with Crippen LogP contribution >= 0.6 is 0 Å². The highest BCUT2D eigenvalue weighted by Gasteiger charge is 2.37. The lowest BCUT2D eigenvalue weighted by Crippen LogP contribution is -2.50. The first-order chi connectivity index (χ1) is 15.5. The minimum atomic E-state index is -0.418. The molecule has 0 aliphatic carbocycles. The maximum atomic E-state index is 13.7. The average molecular weight is 436 g/mol. The van der Waals surface area contributed by atoms with Gasteiger partial charge in [-0.1, -0.05) is 37.3 Å². The number of fused-ring (bicyclic) bond motifs is 1. The molecule has 32 heavy (non-hydrogen) atoms. The lowest BCUT2D eigenvalue weighted by Gasteiger charge is -2.40. The van der Waals surface area contributed by atoms with Gasteiger partial charge in [0.2, 0.25) is 11.8 Å². The molecule has 2 aliphatic heterocycles. The van der Waals surface area contributed by atoms with Gasteiger partial charge in [0.15, 0.2) is 0 Å². The number of nitrogens with one attached hydrogen (secondary N) is 1. The number of methoxy groups -OCH3 is 1. The zero-order valence-electron chi connectivity index (χ0n) is 19.3. The molecule has 4 rings (SSSR count). The number of carbonyl (C=O) groups excluding carboxylic acids is 2. The second-order valence-electron chi connectivity index (χ2n) is 9.08. The van der Waals surface area contributed by atoms with Crippen molar-refractivity contribution in [3.05, 3.63) is 59.2 Å². The number of hydrogen-bond donors (Lipinski definition) is 1. The van der Waals surface area contributed by atoms with Gasteiger partial charge in [0.1, 0.15) is 11.8 Å². The van der Waals surface area contributed by atoms with E-state index in [0.717, 1.165) is 43.5 Å². The number of piperidine rings is 1. The highest BCUT2D eigenvalue weighted by molar-refractivity contribution is 5.94. The Kier molecular flexibility index (Phi) is 6.80. The van der Waals surface area contributed by atoms with Crippen molar-refractivity contribution in [2.75, 3.05) is 38.6 Å². The maximum absolute atomic E-state index is 13.7.